The summed E-state index contributed by atoms with van der Waals surface area (Å²) < 4.78 is 21.4. The van der Waals surface area contributed by atoms with Crippen LogP contribution in [0.2, 0.25) is 0 Å². The van der Waals surface area contributed by atoms with Gasteiger partial charge in [0, 0.05) is 6.92 Å². The van der Waals surface area contributed by atoms with Gasteiger partial charge in [-0.15, -0.1) is 0 Å². The molecule has 0 aromatic rings. The lowest BCUT2D eigenvalue weighted by atomic mass is 10.2. The zero-order chi connectivity index (χ0) is 10.3. The van der Waals surface area contributed by atoms with Crippen LogP contribution in [0.25, 0.3) is 0 Å². The van der Waals surface area contributed by atoms with Gasteiger partial charge in [-0.2, -0.15) is 0 Å². The van der Waals surface area contributed by atoms with Crippen LogP contribution in [0, 0.1) is 0 Å². The van der Waals surface area contributed by atoms with Crippen molar-refractivity contribution >= 4 is 5.97 Å². The Balaban J connectivity index is 2.01. The summed E-state index contributed by atoms with van der Waals surface area (Å²) in [5, 5.41) is 0. The molecule has 2 aliphatic rings. The first-order valence-electron chi connectivity index (χ1n) is 4.62. The Morgan fingerprint density at radius 3 is 2.79 bits per heavy atom. The Kier molecular flexibility index (Phi) is 2.25. The first kappa shape index (κ1) is 9.89. The Morgan fingerprint density at radius 1 is 1.43 bits per heavy atom. The number of ether oxygens (including phenoxy) is 4. The van der Waals surface area contributed by atoms with E-state index in [1.807, 2.05) is 0 Å². The Morgan fingerprint density at radius 2 is 2.14 bits per heavy atom. The average Bonchev–Trinajstić information content (AvgIpc) is 2.47. The van der Waals surface area contributed by atoms with Crippen molar-refractivity contribution in [3.05, 3.63) is 0 Å². The Hall–Kier alpha value is -0.650. The lowest BCUT2D eigenvalue weighted by molar-refractivity contribution is -0.203. The summed E-state index contributed by atoms with van der Waals surface area (Å²) in [6.45, 7) is 5.32. The van der Waals surface area contributed by atoms with E-state index in [4.69, 9.17) is 18.9 Å². The highest BCUT2D eigenvalue weighted by Crippen LogP contribution is 2.35. The third-order valence-electron chi connectivity index (χ3n) is 2.20. The van der Waals surface area contributed by atoms with Gasteiger partial charge in [-0.05, 0) is 13.8 Å². The SMILES string of the molecule is CC(=O)O[C@@H]1CO[C@@H]2OC(C)(C)O[C@@H]21. The van der Waals surface area contributed by atoms with Crippen molar-refractivity contribution < 1.29 is 23.7 Å². The molecule has 5 nitrogen and oxygen atoms in total. The maximum atomic E-state index is 10.8. The minimum absolute atomic E-state index is 0.297. The van der Waals surface area contributed by atoms with Crippen LogP contribution in [-0.4, -0.2) is 36.9 Å². The van der Waals surface area contributed by atoms with Crippen LogP contribution in [0.15, 0.2) is 0 Å². The fraction of sp³-hybridized carbons (Fsp3) is 0.889. The second kappa shape index (κ2) is 3.18. The quantitative estimate of drug-likeness (QED) is 0.577. The highest BCUT2D eigenvalue weighted by Gasteiger charge is 2.51. The van der Waals surface area contributed by atoms with E-state index in [0.717, 1.165) is 0 Å². The van der Waals surface area contributed by atoms with Crippen molar-refractivity contribution in [1.82, 2.24) is 0 Å². The molecule has 2 aliphatic heterocycles. The second-order valence-electron chi connectivity index (χ2n) is 3.95. The minimum Gasteiger partial charge on any atom is -0.457 e. The molecule has 0 amide bonds. The molecular weight excluding hydrogens is 188 g/mol. The number of hydrogen-bond donors (Lipinski definition) is 0. The summed E-state index contributed by atoms with van der Waals surface area (Å²) in [6.07, 6.45) is -1.05. The van der Waals surface area contributed by atoms with E-state index >= 15 is 0 Å². The molecule has 5 heteroatoms. The number of carbonyl (C=O) groups excluding carboxylic acids is 1. The molecule has 0 N–H and O–H groups in total. The number of hydrogen-bond acceptors (Lipinski definition) is 5. The molecule has 2 saturated heterocycles. The maximum absolute atomic E-state index is 10.8. The van der Waals surface area contributed by atoms with E-state index in [0.29, 0.717) is 6.61 Å². The molecule has 2 rings (SSSR count). The zero-order valence-electron chi connectivity index (χ0n) is 8.48. The molecular formula is C9H14O5. The summed E-state index contributed by atoms with van der Waals surface area (Å²) in [6, 6.07) is 0. The highest BCUT2D eigenvalue weighted by molar-refractivity contribution is 5.66. The van der Waals surface area contributed by atoms with E-state index in [1.165, 1.54) is 6.92 Å². The summed E-state index contributed by atoms with van der Waals surface area (Å²) >= 11 is 0. The fourth-order valence-corrected chi connectivity index (χ4v) is 1.74. The lowest BCUT2D eigenvalue weighted by Gasteiger charge is -2.20. The van der Waals surface area contributed by atoms with Gasteiger partial charge in [0.25, 0.3) is 0 Å². The van der Waals surface area contributed by atoms with Gasteiger partial charge < -0.3 is 18.9 Å². The van der Waals surface area contributed by atoms with Gasteiger partial charge in [-0.1, -0.05) is 0 Å². The van der Waals surface area contributed by atoms with Gasteiger partial charge in [0.15, 0.2) is 24.3 Å². The van der Waals surface area contributed by atoms with Crippen LogP contribution >= 0.6 is 0 Å². The predicted molar refractivity (Wildman–Crippen MR) is 45.3 cm³/mol. The lowest BCUT2D eigenvalue weighted by Crippen LogP contribution is -2.33. The Bertz CT molecular complexity index is 250. The molecule has 0 unspecified atom stereocenters. The molecule has 0 aliphatic carbocycles. The molecule has 0 saturated carbocycles. The van der Waals surface area contributed by atoms with Crippen molar-refractivity contribution in [2.45, 2.75) is 45.1 Å². The van der Waals surface area contributed by atoms with Crippen molar-refractivity contribution in [3.63, 3.8) is 0 Å². The zero-order valence-corrected chi connectivity index (χ0v) is 8.48. The Labute approximate surface area is 82.3 Å². The van der Waals surface area contributed by atoms with Gasteiger partial charge in [0.1, 0.15) is 0 Å². The minimum atomic E-state index is -0.659. The van der Waals surface area contributed by atoms with Crippen LogP contribution in [0.1, 0.15) is 20.8 Å². The molecule has 0 radical (unpaired) electrons. The molecule has 0 bridgehead atoms. The summed E-state index contributed by atoms with van der Waals surface area (Å²) in [5.74, 6) is -0.985. The van der Waals surface area contributed by atoms with Crippen LogP contribution in [0.4, 0.5) is 0 Å². The fourth-order valence-electron chi connectivity index (χ4n) is 1.74. The van der Waals surface area contributed by atoms with Crippen molar-refractivity contribution in [2.24, 2.45) is 0 Å². The van der Waals surface area contributed by atoms with E-state index in [2.05, 4.69) is 0 Å². The van der Waals surface area contributed by atoms with Gasteiger partial charge in [-0.3, -0.25) is 4.79 Å². The smallest absolute Gasteiger partial charge is 0.303 e. The second-order valence-corrected chi connectivity index (χ2v) is 3.95. The number of carbonyl (C=O) groups is 1. The molecule has 3 atom stereocenters. The molecule has 14 heavy (non-hydrogen) atoms. The number of rotatable bonds is 1. The number of fused-ring (bicyclic) bond motifs is 1. The maximum Gasteiger partial charge on any atom is 0.303 e. The van der Waals surface area contributed by atoms with E-state index in [1.54, 1.807) is 13.8 Å². The first-order chi connectivity index (χ1) is 6.48. The molecule has 0 spiro atoms. The van der Waals surface area contributed by atoms with Crippen molar-refractivity contribution in [2.75, 3.05) is 6.61 Å². The van der Waals surface area contributed by atoms with Crippen LogP contribution in [0.3, 0.4) is 0 Å². The highest BCUT2D eigenvalue weighted by atomic mass is 16.8. The largest absolute Gasteiger partial charge is 0.457 e. The van der Waals surface area contributed by atoms with Gasteiger partial charge in [0.2, 0.25) is 0 Å². The van der Waals surface area contributed by atoms with E-state index < -0.39 is 12.1 Å². The summed E-state index contributed by atoms with van der Waals surface area (Å²) in [5.41, 5.74) is 0. The summed E-state index contributed by atoms with van der Waals surface area (Å²) in [4.78, 5) is 10.8. The van der Waals surface area contributed by atoms with Gasteiger partial charge in [-0.25, -0.2) is 0 Å². The number of esters is 1. The third kappa shape index (κ3) is 1.75. The average molecular weight is 202 g/mol. The van der Waals surface area contributed by atoms with Crippen LogP contribution in [0.5, 0.6) is 0 Å². The predicted octanol–water partition coefficient (Wildman–Crippen LogP) is 0.426. The normalized spacial score (nSPS) is 39.5. The molecule has 0 aromatic carbocycles. The van der Waals surface area contributed by atoms with Crippen molar-refractivity contribution in [1.29, 1.82) is 0 Å². The van der Waals surface area contributed by atoms with Crippen LogP contribution < -0.4 is 0 Å². The molecule has 2 fully saturated rings. The summed E-state index contributed by atoms with van der Waals surface area (Å²) in [7, 11) is 0. The third-order valence-corrected chi connectivity index (χ3v) is 2.20. The van der Waals surface area contributed by atoms with Gasteiger partial charge >= 0.3 is 5.97 Å². The van der Waals surface area contributed by atoms with Crippen molar-refractivity contribution in [3.8, 4) is 0 Å². The first-order valence-corrected chi connectivity index (χ1v) is 4.62. The van der Waals surface area contributed by atoms with E-state index in [9.17, 15) is 4.79 Å². The van der Waals surface area contributed by atoms with E-state index in [-0.39, 0.29) is 18.2 Å². The molecule has 80 valence electrons. The molecule has 0 aromatic heterocycles. The van der Waals surface area contributed by atoms with Gasteiger partial charge in [0.05, 0.1) is 6.61 Å². The van der Waals surface area contributed by atoms with Crippen LogP contribution in [-0.2, 0) is 23.7 Å². The topological polar surface area (TPSA) is 54.0 Å². The standard InChI is InChI=1S/C9H14O5/c1-5(10)12-6-4-11-8-7(6)13-9(2,3)14-8/h6-8H,4H2,1-3H3/t6-,7-,8-/m1/s1. The monoisotopic (exact) mass is 202 g/mol. The molecule has 2 heterocycles.